The summed E-state index contributed by atoms with van der Waals surface area (Å²) in [5, 5.41) is 18.4. The number of hydrogen-bond acceptors (Lipinski definition) is 4. The van der Waals surface area contributed by atoms with Gasteiger partial charge in [-0.15, -0.1) is 0 Å². The van der Waals surface area contributed by atoms with Gasteiger partial charge in [0.1, 0.15) is 0 Å². The van der Waals surface area contributed by atoms with Gasteiger partial charge in [0.25, 0.3) is 11.8 Å². The highest BCUT2D eigenvalue weighted by molar-refractivity contribution is 6.22. The van der Waals surface area contributed by atoms with Gasteiger partial charge in [-0.05, 0) is 19.1 Å². The smallest absolute Gasteiger partial charge is 0.329 e. The molecule has 0 aromatic heterocycles. The van der Waals surface area contributed by atoms with E-state index in [0.717, 1.165) is 0 Å². The highest BCUT2D eigenvalue weighted by atomic mass is 16.4. The van der Waals surface area contributed by atoms with Crippen molar-refractivity contribution in [3.63, 3.8) is 0 Å². The van der Waals surface area contributed by atoms with Gasteiger partial charge in [0, 0.05) is 0 Å². The molecule has 1 aromatic rings. The summed E-state index contributed by atoms with van der Waals surface area (Å²) in [6.45, 7) is 1.22. The van der Waals surface area contributed by atoms with E-state index in [2.05, 4.69) is 0 Å². The van der Waals surface area contributed by atoms with Crippen LogP contribution in [0.5, 0.6) is 0 Å². The average Bonchev–Trinajstić information content (AvgIpc) is 2.55. The standard InChI is InChI=1S/C12H11NO5/c1-6(14)9(12(17)18)13-10(15)7-4-2-3-5-8(7)11(13)16/h2-6,9,14H,1H3,(H,17,18)/t6-,9+/m1/s1. The molecule has 0 saturated heterocycles. The van der Waals surface area contributed by atoms with E-state index in [-0.39, 0.29) is 11.1 Å². The van der Waals surface area contributed by atoms with Crippen LogP contribution in [0, 0.1) is 0 Å². The van der Waals surface area contributed by atoms with E-state index >= 15 is 0 Å². The molecule has 2 atom stereocenters. The highest BCUT2D eigenvalue weighted by Gasteiger charge is 2.44. The number of fused-ring (bicyclic) bond motifs is 1. The zero-order valence-electron chi connectivity index (χ0n) is 9.53. The van der Waals surface area contributed by atoms with Crippen LogP contribution in [-0.4, -0.2) is 45.0 Å². The van der Waals surface area contributed by atoms with Crippen molar-refractivity contribution in [3.05, 3.63) is 35.4 Å². The van der Waals surface area contributed by atoms with Crippen LogP contribution in [0.15, 0.2) is 24.3 Å². The summed E-state index contributed by atoms with van der Waals surface area (Å²) < 4.78 is 0. The van der Waals surface area contributed by atoms with Gasteiger partial charge in [0.05, 0.1) is 17.2 Å². The van der Waals surface area contributed by atoms with Crippen molar-refractivity contribution in [2.45, 2.75) is 19.1 Å². The number of benzene rings is 1. The zero-order valence-corrected chi connectivity index (χ0v) is 9.53. The molecule has 2 N–H and O–H groups in total. The Morgan fingerprint density at radius 1 is 1.17 bits per heavy atom. The number of aliphatic hydroxyl groups excluding tert-OH is 1. The Balaban J connectivity index is 2.47. The molecule has 0 spiro atoms. The third kappa shape index (κ3) is 1.67. The monoisotopic (exact) mass is 249 g/mol. The molecule has 1 aliphatic rings. The summed E-state index contributed by atoms with van der Waals surface area (Å²) >= 11 is 0. The van der Waals surface area contributed by atoms with Gasteiger partial charge in [-0.2, -0.15) is 0 Å². The van der Waals surface area contributed by atoms with Crippen LogP contribution in [0.25, 0.3) is 0 Å². The first-order valence-corrected chi connectivity index (χ1v) is 5.33. The molecular formula is C12H11NO5. The second kappa shape index (κ2) is 4.23. The summed E-state index contributed by atoms with van der Waals surface area (Å²) in [6.07, 6.45) is -1.34. The number of carbonyl (C=O) groups excluding carboxylic acids is 2. The van der Waals surface area contributed by atoms with E-state index in [1.807, 2.05) is 0 Å². The fraction of sp³-hybridized carbons (Fsp3) is 0.250. The predicted octanol–water partition coefficient (Wildman–Crippen LogP) is 0.117. The van der Waals surface area contributed by atoms with Gasteiger partial charge >= 0.3 is 5.97 Å². The van der Waals surface area contributed by atoms with Crippen LogP contribution in [0.3, 0.4) is 0 Å². The lowest BCUT2D eigenvalue weighted by molar-refractivity contribution is -0.145. The van der Waals surface area contributed by atoms with Crippen LogP contribution in [0.1, 0.15) is 27.6 Å². The molecule has 6 heteroatoms. The van der Waals surface area contributed by atoms with Gasteiger partial charge in [-0.25, -0.2) is 4.79 Å². The van der Waals surface area contributed by atoms with E-state index < -0.39 is 29.9 Å². The van der Waals surface area contributed by atoms with Crippen LogP contribution >= 0.6 is 0 Å². The number of imide groups is 1. The van der Waals surface area contributed by atoms with Crippen molar-refractivity contribution in [3.8, 4) is 0 Å². The predicted molar refractivity (Wildman–Crippen MR) is 60.0 cm³/mol. The molecule has 0 fully saturated rings. The van der Waals surface area contributed by atoms with E-state index in [9.17, 15) is 19.5 Å². The normalized spacial score (nSPS) is 17.6. The van der Waals surface area contributed by atoms with Gasteiger partial charge < -0.3 is 10.2 Å². The first kappa shape index (κ1) is 12.3. The van der Waals surface area contributed by atoms with E-state index in [0.29, 0.717) is 4.90 Å². The number of aliphatic hydroxyl groups is 1. The third-order valence-corrected chi connectivity index (χ3v) is 2.81. The number of carboxylic acids is 1. The number of aliphatic carboxylic acids is 1. The quantitative estimate of drug-likeness (QED) is 0.742. The summed E-state index contributed by atoms with van der Waals surface area (Å²) in [6, 6.07) is 4.52. The van der Waals surface area contributed by atoms with Crippen molar-refractivity contribution < 1.29 is 24.6 Å². The summed E-state index contributed by atoms with van der Waals surface area (Å²) in [5.41, 5.74) is 0.323. The molecule has 1 aliphatic heterocycles. The molecule has 0 aliphatic carbocycles. The first-order valence-electron chi connectivity index (χ1n) is 5.33. The summed E-state index contributed by atoms with van der Waals surface area (Å²) in [4.78, 5) is 35.6. The molecular weight excluding hydrogens is 238 g/mol. The summed E-state index contributed by atoms with van der Waals surface area (Å²) in [7, 11) is 0. The molecule has 1 heterocycles. The maximum atomic E-state index is 12.0. The molecule has 6 nitrogen and oxygen atoms in total. The highest BCUT2D eigenvalue weighted by Crippen LogP contribution is 2.25. The maximum Gasteiger partial charge on any atom is 0.329 e. The van der Waals surface area contributed by atoms with Crippen LogP contribution < -0.4 is 0 Å². The molecule has 94 valence electrons. The lowest BCUT2D eigenvalue weighted by atomic mass is 10.1. The van der Waals surface area contributed by atoms with Crippen molar-refractivity contribution in [1.82, 2.24) is 4.90 Å². The largest absolute Gasteiger partial charge is 0.480 e. The Bertz CT molecular complexity index is 502. The Morgan fingerprint density at radius 2 is 1.61 bits per heavy atom. The summed E-state index contributed by atoms with van der Waals surface area (Å²) in [5.74, 6) is -2.80. The second-order valence-electron chi connectivity index (χ2n) is 4.05. The zero-order chi connectivity index (χ0) is 13.4. The van der Waals surface area contributed by atoms with Crippen LogP contribution in [0.2, 0.25) is 0 Å². The minimum absolute atomic E-state index is 0.161. The fourth-order valence-electron chi connectivity index (χ4n) is 1.99. The number of hydrogen-bond donors (Lipinski definition) is 2. The van der Waals surface area contributed by atoms with Gasteiger partial charge in [-0.1, -0.05) is 12.1 Å². The minimum Gasteiger partial charge on any atom is -0.480 e. The Hall–Kier alpha value is -2.21. The topological polar surface area (TPSA) is 94.9 Å². The molecule has 0 unspecified atom stereocenters. The van der Waals surface area contributed by atoms with Gasteiger partial charge in [-0.3, -0.25) is 14.5 Å². The first-order chi connectivity index (χ1) is 8.45. The second-order valence-corrected chi connectivity index (χ2v) is 4.05. The lowest BCUT2D eigenvalue weighted by Gasteiger charge is -2.24. The van der Waals surface area contributed by atoms with E-state index in [1.54, 1.807) is 12.1 Å². The number of nitrogens with zero attached hydrogens (tertiary/aromatic N) is 1. The molecule has 18 heavy (non-hydrogen) atoms. The lowest BCUT2D eigenvalue weighted by Crippen LogP contribution is -2.50. The van der Waals surface area contributed by atoms with Crippen LogP contribution in [-0.2, 0) is 4.79 Å². The van der Waals surface area contributed by atoms with Gasteiger partial charge in [0.2, 0.25) is 0 Å². The number of carbonyl (C=O) groups is 3. The van der Waals surface area contributed by atoms with E-state index in [4.69, 9.17) is 5.11 Å². The fourth-order valence-corrected chi connectivity index (χ4v) is 1.99. The molecule has 2 amide bonds. The Labute approximate surface area is 102 Å². The average molecular weight is 249 g/mol. The molecule has 0 bridgehead atoms. The Kier molecular flexibility index (Phi) is 2.88. The van der Waals surface area contributed by atoms with Gasteiger partial charge in [0.15, 0.2) is 6.04 Å². The molecule has 2 rings (SSSR count). The molecule has 1 aromatic carbocycles. The van der Waals surface area contributed by atoms with Crippen molar-refractivity contribution in [2.75, 3.05) is 0 Å². The Morgan fingerprint density at radius 3 is 1.94 bits per heavy atom. The van der Waals surface area contributed by atoms with E-state index in [1.165, 1.54) is 19.1 Å². The number of carboxylic acid groups (broad SMARTS) is 1. The SMILES string of the molecule is C[C@@H](O)[C@@H](C(=O)O)N1C(=O)c2ccccc2C1=O. The number of amides is 2. The van der Waals surface area contributed by atoms with Crippen LogP contribution in [0.4, 0.5) is 0 Å². The third-order valence-electron chi connectivity index (χ3n) is 2.81. The maximum absolute atomic E-state index is 12.0. The van der Waals surface area contributed by atoms with Crippen molar-refractivity contribution in [2.24, 2.45) is 0 Å². The minimum atomic E-state index is -1.57. The van der Waals surface area contributed by atoms with Crippen molar-refractivity contribution in [1.29, 1.82) is 0 Å². The molecule has 0 saturated carbocycles. The molecule has 0 radical (unpaired) electrons. The number of rotatable bonds is 3. The van der Waals surface area contributed by atoms with Crippen molar-refractivity contribution >= 4 is 17.8 Å².